The minimum Gasteiger partial charge on any atom is -0.377 e. The number of phosphoric ester groups is 1. The number of ether oxygens (including phenoxy) is 2. The van der Waals surface area contributed by atoms with Crippen molar-refractivity contribution >= 4 is 7.82 Å². The van der Waals surface area contributed by atoms with Crippen LogP contribution in [-0.2, 0) is 18.6 Å². The molecule has 0 aliphatic rings. The highest BCUT2D eigenvalue weighted by atomic mass is 31.2. The molecule has 0 amide bonds. The van der Waals surface area contributed by atoms with Gasteiger partial charge in [0.05, 0.1) is 33.0 Å². The van der Waals surface area contributed by atoms with Gasteiger partial charge in [-0.25, -0.2) is 4.57 Å². The Morgan fingerprint density at radius 2 is 1.53 bits per heavy atom. The van der Waals surface area contributed by atoms with Crippen LogP contribution in [0.1, 0.15) is 0 Å². The van der Waals surface area contributed by atoms with Crippen LogP contribution in [0.25, 0.3) is 0 Å². The van der Waals surface area contributed by atoms with Crippen LogP contribution in [-0.4, -0.2) is 42.8 Å². The molecule has 0 aromatic rings. The van der Waals surface area contributed by atoms with Gasteiger partial charge in [-0.15, -0.1) is 13.2 Å². The zero-order chi connectivity index (χ0) is 13.1. The molecule has 0 aliphatic carbocycles. The molecule has 0 rings (SSSR count). The van der Waals surface area contributed by atoms with Gasteiger partial charge < -0.3 is 19.3 Å². The van der Waals surface area contributed by atoms with Crippen LogP contribution in [0.5, 0.6) is 0 Å². The SMILES string of the molecule is C=CCOCC(COCC=C)COP(=O)(O)O. The molecular weight excluding hydrogens is 247 g/mol. The summed E-state index contributed by atoms with van der Waals surface area (Å²) in [5.74, 6) is -0.248. The molecule has 0 saturated carbocycles. The Kier molecular flexibility index (Phi) is 9.26. The Morgan fingerprint density at radius 1 is 1.06 bits per heavy atom. The summed E-state index contributed by atoms with van der Waals surface area (Å²) in [5.41, 5.74) is 0. The summed E-state index contributed by atoms with van der Waals surface area (Å²) in [4.78, 5) is 17.2. The van der Waals surface area contributed by atoms with E-state index in [1.807, 2.05) is 0 Å². The number of rotatable bonds is 11. The molecule has 0 aromatic heterocycles. The fraction of sp³-hybridized carbons (Fsp3) is 0.600. The van der Waals surface area contributed by atoms with Crippen molar-refractivity contribution in [1.29, 1.82) is 0 Å². The topological polar surface area (TPSA) is 85.2 Å². The molecule has 0 fully saturated rings. The van der Waals surface area contributed by atoms with Gasteiger partial charge >= 0.3 is 7.82 Å². The molecular formula is C10H19O6P. The monoisotopic (exact) mass is 266 g/mol. The first-order valence-corrected chi connectivity index (χ1v) is 6.60. The lowest BCUT2D eigenvalue weighted by molar-refractivity contribution is 0.0303. The van der Waals surface area contributed by atoms with Crippen molar-refractivity contribution in [3.05, 3.63) is 25.3 Å². The maximum atomic E-state index is 10.6. The molecule has 0 spiro atoms. The van der Waals surface area contributed by atoms with E-state index in [-0.39, 0.29) is 25.7 Å². The van der Waals surface area contributed by atoms with E-state index in [9.17, 15) is 4.57 Å². The van der Waals surface area contributed by atoms with E-state index in [2.05, 4.69) is 17.7 Å². The van der Waals surface area contributed by atoms with Crippen molar-refractivity contribution in [3.63, 3.8) is 0 Å². The van der Waals surface area contributed by atoms with Crippen LogP contribution in [0.4, 0.5) is 0 Å². The molecule has 0 aliphatic heterocycles. The normalized spacial score (nSPS) is 11.7. The van der Waals surface area contributed by atoms with Gasteiger partial charge in [0.25, 0.3) is 0 Å². The van der Waals surface area contributed by atoms with E-state index in [0.29, 0.717) is 13.2 Å². The average Bonchev–Trinajstić information content (AvgIpc) is 2.24. The second kappa shape index (κ2) is 9.53. The smallest absolute Gasteiger partial charge is 0.377 e. The highest BCUT2D eigenvalue weighted by Crippen LogP contribution is 2.36. The molecule has 0 aromatic carbocycles. The van der Waals surface area contributed by atoms with Gasteiger partial charge in [-0.05, 0) is 0 Å². The summed E-state index contributed by atoms with van der Waals surface area (Å²) in [6.45, 7) is 8.16. The lowest BCUT2D eigenvalue weighted by Gasteiger charge is -2.16. The Labute approximate surface area is 101 Å². The molecule has 2 N–H and O–H groups in total. The van der Waals surface area contributed by atoms with Gasteiger partial charge in [0.2, 0.25) is 0 Å². The van der Waals surface area contributed by atoms with Crippen LogP contribution in [0, 0.1) is 5.92 Å². The molecule has 17 heavy (non-hydrogen) atoms. The van der Waals surface area contributed by atoms with E-state index in [1.54, 1.807) is 12.2 Å². The number of phosphoric acid groups is 1. The second-order valence-corrected chi connectivity index (χ2v) is 4.54. The molecule has 0 unspecified atom stereocenters. The van der Waals surface area contributed by atoms with Crippen molar-refractivity contribution in [2.75, 3.05) is 33.0 Å². The minimum absolute atomic E-state index is 0.126. The Morgan fingerprint density at radius 3 is 1.88 bits per heavy atom. The molecule has 0 bridgehead atoms. The van der Waals surface area contributed by atoms with E-state index in [1.165, 1.54) is 0 Å². The largest absolute Gasteiger partial charge is 0.469 e. The maximum absolute atomic E-state index is 10.6. The second-order valence-electron chi connectivity index (χ2n) is 3.30. The zero-order valence-electron chi connectivity index (χ0n) is 9.66. The molecule has 6 nitrogen and oxygen atoms in total. The van der Waals surface area contributed by atoms with Crippen LogP contribution in [0.3, 0.4) is 0 Å². The quantitative estimate of drug-likeness (QED) is 0.331. The van der Waals surface area contributed by atoms with Crippen LogP contribution >= 0.6 is 7.82 Å². The van der Waals surface area contributed by atoms with Gasteiger partial charge in [-0.1, -0.05) is 12.2 Å². The fourth-order valence-corrected chi connectivity index (χ4v) is 1.39. The summed E-state index contributed by atoms with van der Waals surface area (Å²) in [5, 5.41) is 0. The van der Waals surface area contributed by atoms with E-state index in [0.717, 1.165) is 0 Å². The summed E-state index contributed by atoms with van der Waals surface area (Å²) >= 11 is 0. The van der Waals surface area contributed by atoms with Crippen LogP contribution < -0.4 is 0 Å². The fourth-order valence-electron chi connectivity index (χ4n) is 0.983. The van der Waals surface area contributed by atoms with Crippen molar-refractivity contribution < 1.29 is 28.3 Å². The van der Waals surface area contributed by atoms with E-state index >= 15 is 0 Å². The van der Waals surface area contributed by atoms with Crippen LogP contribution in [0.2, 0.25) is 0 Å². The molecule has 7 heteroatoms. The third-order valence-electron chi connectivity index (χ3n) is 1.66. The first-order valence-electron chi connectivity index (χ1n) is 5.07. The van der Waals surface area contributed by atoms with Gasteiger partial charge in [-0.3, -0.25) is 4.52 Å². The predicted molar refractivity (Wildman–Crippen MR) is 63.5 cm³/mol. The number of hydrogen-bond donors (Lipinski definition) is 2. The first-order chi connectivity index (χ1) is 7.99. The first kappa shape index (κ1) is 16.5. The Balaban J connectivity index is 3.95. The van der Waals surface area contributed by atoms with E-state index in [4.69, 9.17) is 19.3 Å². The number of hydrogen-bond acceptors (Lipinski definition) is 4. The van der Waals surface area contributed by atoms with Gasteiger partial charge in [0.1, 0.15) is 0 Å². The molecule has 100 valence electrons. The van der Waals surface area contributed by atoms with Crippen molar-refractivity contribution in [2.24, 2.45) is 5.92 Å². The lowest BCUT2D eigenvalue weighted by Crippen LogP contribution is -2.21. The predicted octanol–water partition coefficient (Wildman–Crippen LogP) is 1.12. The zero-order valence-corrected chi connectivity index (χ0v) is 10.6. The summed E-state index contributed by atoms with van der Waals surface area (Å²) in [7, 11) is -4.45. The summed E-state index contributed by atoms with van der Waals surface area (Å²) in [6.07, 6.45) is 3.18. The van der Waals surface area contributed by atoms with Gasteiger partial charge in [-0.2, -0.15) is 0 Å². The minimum atomic E-state index is -4.45. The summed E-state index contributed by atoms with van der Waals surface area (Å²) < 4.78 is 25.3. The Hall–Kier alpha value is -0.490. The Bertz CT molecular complexity index is 248. The summed E-state index contributed by atoms with van der Waals surface area (Å²) in [6, 6.07) is 0. The van der Waals surface area contributed by atoms with E-state index < -0.39 is 7.82 Å². The molecule has 0 atom stereocenters. The lowest BCUT2D eigenvalue weighted by atomic mass is 10.2. The highest BCUT2D eigenvalue weighted by molar-refractivity contribution is 7.46. The molecule has 0 radical (unpaired) electrons. The highest BCUT2D eigenvalue weighted by Gasteiger charge is 2.18. The third kappa shape index (κ3) is 11.8. The standard InChI is InChI=1S/C10H19O6P/c1-3-5-14-7-10(8-15-6-4-2)9-16-17(11,12)13/h3-4,10H,1-2,5-9H2,(H2,11,12,13). The van der Waals surface area contributed by atoms with Gasteiger partial charge in [0.15, 0.2) is 0 Å². The van der Waals surface area contributed by atoms with Crippen molar-refractivity contribution in [2.45, 2.75) is 0 Å². The van der Waals surface area contributed by atoms with Crippen molar-refractivity contribution in [1.82, 2.24) is 0 Å². The van der Waals surface area contributed by atoms with Gasteiger partial charge in [0, 0.05) is 5.92 Å². The maximum Gasteiger partial charge on any atom is 0.469 e. The molecule has 0 saturated heterocycles. The third-order valence-corrected chi connectivity index (χ3v) is 2.14. The van der Waals surface area contributed by atoms with Crippen LogP contribution in [0.15, 0.2) is 25.3 Å². The van der Waals surface area contributed by atoms with Crippen molar-refractivity contribution in [3.8, 4) is 0 Å². The molecule has 0 heterocycles. The average molecular weight is 266 g/mol.